The molecular formula is C27H40O7. The molecule has 0 spiro atoms. The summed E-state index contributed by atoms with van der Waals surface area (Å²) in [5.41, 5.74) is -1.08. The maximum atomic E-state index is 12.2. The summed E-state index contributed by atoms with van der Waals surface area (Å²) in [4.78, 5) is 35.1. The highest BCUT2D eigenvalue weighted by atomic mass is 16.6. The summed E-state index contributed by atoms with van der Waals surface area (Å²) < 4.78 is 11.3. The summed E-state index contributed by atoms with van der Waals surface area (Å²) in [7, 11) is 0. The first-order chi connectivity index (χ1) is 15.9. The van der Waals surface area contributed by atoms with E-state index in [0.29, 0.717) is 17.7 Å². The monoisotopic (exact) mass is 476 g/mol. The van der Waals surface area contributed by atoms with Gasteiger partial charge in [-0.1, -0.05) is 46.0 Å². The fraction of sp³-hybridized carbons (Fsp3) is 0.593. The van der Waals surface area contributed by atoms with Crippen LogP contribution in [0.25, 0.3) is 0 Å². The van der Waals surface area contributed by atoms with Crippen molar-refractivity contribution >= 4 is 17.7 Å². The second-order valence-electron chi connectivity index (χ2n) is 9.66. The number of carboxylic acids is 1. The fourth-order valence-electron chi connectivity index (χ4n) is 3.39. The first-order valence-corrected chi connectivity index (χ1v) is 12.0. The van der Waals surface area contributed by atoms with E-state index in [0.717, 1.165) is 31.3 Å². The van der Waals surface area contributed by atoms with Gasteiger partial charge in [-0.3, -0.25) is 4.79 Å². The summed E-state index contributed by atoms with van der Waals surface area (Å²) in [6.07, 6.45) is 7.80. The van der Waals surface area contributed by atoms with Crippen molar-refractivity contribution in [3.8, 4) is 5.75 Å². The van der Waals surface area contributed by atoms with E-state index < -0.39 is 23.6 Å². The van der Waals surface area contributed by atoms with E-state index >= 15 is 0 Å². The summed E-state index contributed by atoms with van der Waals surface area (Å²) in [6.45, 7) is 8.71. The van der Waals surface area contributed by atoms with Crippen molar-refractivity contribution in [2.24, 2.45) is 5.92 Å². The largest absolute Gasteiger partial charge is 0.487 e. The second-order valence-corrected chi connectivity index (χ2v) is 9.66. The Morgan fingerprint density at radius 1 is 0.971 bits per heavy atom. The number of Topliss-reactive ketones (excluding diaryl/α,β-unsaturated/α-hetero) is 1. The van der Waals surface area contributed by atoms with E-state index in [9.17, 15) is 19.5 Å². The van der Waals surface area contributed by atoms with Crippen LogP contribution in [0.1, 0.15) is 89.9 Å². The number of hydrogen-bond donors (Lipinski definition) is 2. The molecule has 0 saturated heterocycles. The van der Waals surface area contributed by atoms with Crippen LogP contribution in [0.3, 0.4) is 0 Å². The zero-order valence-electron chi connectivity index (χ0n) is 21.1. The zero-order chi connectivity index (χ0) is 25.7. The van der Waals surface area contributed by atoms with E-state index in [2.05, 4.69) is 13.8 Å². The Balaban J connectivity index is 2.71. The number of rotatable bonds is 16. The lowest BCUT2D eigenvalue weighted by Crippen LogP contribution is -2.31. The van der Waals surface area contributed by atoms with Crippen LogP contribution in [0.2, 0.25) is 0 Å². The van der Waals surface area contributed by atoms with Gasteiger partial charge in [0.15, 0.2) is 5.78 Å². The Kier molecular flexibility index (Phi) is 12.6. The number of aliphatic carboxylic acids is 1. The molecule has 1 aromatic rings. The highest BCUT2D eigenvalue weighted by molar-refractivity contribution is 6.01. The molecule has 34 heavy (non-hydrogen) atoms. The van der Waals surface area contributed by atoms with Gasteiger partial charge in [0.05, 0.1) is 0 Å². The van der Waals surface area contributed by atoms with Gasteiger partial charge in [-0.15, -0.1) is 0 Å². The van der Waals surface area contributed by atoms with Crippen LogP contribution in [0.15, 0.2) is 35.9 Å². The zero-order valence-corrected chi connectivity index (χ0v) is 21.1. The van der Waals surface area contributed by atoms with Crippen LogP contribution in [0.4, 0.5) is 0 Å². The summed E-state index contributed by atoms with van der Waals surface area (Å²) >= 11 is 0. The number of carbonyl (C=O) groups is 3. The number of carbonyl (C=O) groups excluding carboxylic acids is 2. The number of ketones is 1. The molecule has 0 bridgehead atoms. The van der Waals surface area contributed by atoms with Gasteiger partial charge in [0.1, 0.15) is 24.1 Å². The van der Waals surface area contributed by atoms with Crippen molar-refractivity contribution in [1.82, 2.24) is 0 Å². The quantitative estimate of drug-likeness (QED) is 0.143. The topological polar surface area (TPSA) is 110 Å². The number of esters is 1. The third-order valence-corrected chi connectivity index (χ3v) is 5.34. The van der Waals surface area contributed by atoms with Crippen molar-refractivity contribution in [2.75, 3.05) is 6.61 Å². The lowest BCUT2D eigenvalue weighted by atomic mass is 9.97. The maximum Gasteiger partial charge on any atom is 0.334 e. The Morgan fingerprint density at radius 2 is 1.53 bits per heavy atom. The molecule has 1 aromatic carbocycles. The molecule has 1 unspecified atom stereocenters. The van der Waals surface area contributed by atoms with Gasteiger partial charge in [-0.2, -0.15) is 0 Å². The number of carboxylic acid groups (broad SMARTS) is 1. The van der Waals surface area contributed by atoms with Gasteiger partial charge in [-0.25, -0.2) is 9.59 Å². The third kappa shape index (κ3) is 12.0. The van der Waals surface area contributed by atoms with E-state index in [1.807, 2.05) is 0 Å². The summed E-state index contributed by atoms with van der Waals surface area (Å²) in [6, 6.07) is 6.48. The molecule has 0 fully saturated rings. The molecule has 0 heterocycles. The van der Waals surface area contributed by atoms with Crippen LogP contribution in [0.5, 0.6) is 5.75 Å². The minimum atomic E-state index is -1.46. The Hall–Kier alpha value is -2.67. The number of aliphatic hydroxyl groups is 1. The van der Waals surface area contributed by atoms with Gasteiger partial charge >= 0.3 is 11.9 Å². The van der Waals surface area contributed by atoms with Crippen LogP contribution in [-0.4, -0.2) is 46.2 Å². The molecule has 0 aromatic heterocycles. The van der Waals surface area contributed by atoms with Gasteiger partial charge < -0.3 is 19.7 Å². The van der Waals surface area contributed by atoms with Gasteiger partial charge in [0.25, 0.3) is 0 Å². The molecule has 1 atom stereocenters. The van der Waals surface area contributed by atoms with Crippen LogP contribution in [-0.2, 0) is 14.3 Å². The fourth-order valence-corrected chi connectivity index (χ4v) is 3.39. The van der Waals surface area contributed by atoms with Crippen molar-refractivity contribution in [2.45, 2.75) is 91.3 Å². The molecule has 0 saturated carbocycles. The normalized spacial score (nSPS) is 13.0. The average molecular weight is 477 g/mol. The molecule has 0 amide bonds. The van der Waals surface area contributed by atoms with Crippen molar-refractivity contribution in [3.05, 3.63) is 41.5 Å². The summed E-state index contributed by atoms with van der Waals surface area (Å²) in [5, 5.41) is 18.7. The minimum Gasteiger partial charge on any atom is -0.487 e. The predicted molar refractivity (Wildman–Crippen MR) is 131 cm³/mol. The maximum absolute atomic E-state index is 12.2. The van der Waals surface area contributed by atoms with Gasteiger partial charge in [0, 0.05) is 17.2 Å². The van der Waals surface area contributed by atoms with E-state index in [-0.39, 0.29) is 18.0 Å². The lowest BCUT2D eigenvalue weighted by Gasteiger charge is -2.20. The Morgan fingerprint density at radius 3 is 2.06 bits per heavy atom. The Bertz CT molecular complexity index is 816. The van der Waals surface area contributed by atoms with Crippen LogP contribution in [0, 0.1) is 5.92 Å². The molecule has 0 aliphatic rings. The highest BCUT2D eigenvalue weighted by Crippen LogP contribution is 2.20. The smallest absolute Gasteiger partial charge is 0.334 e. The average Bonchev–Trinajstić information content (AvgIpc) is 2.75. The number of unbranched alkanes of at least 4 members (excludes halogenated alkanes) is 4. The first kappa shape index (κ1) is 29.4. The van der Waals surface area contributed by atoms with Crippen LogP contribution >= 0.6 is 0 Å². The van der Waals surface area contributed by atoms with E-state index in [1.54, 1.807) is 24.3 Å². The Labute approximate surface area is 203 Å². The molecule has 0 aliphatic carbocycles. The second kappa shape index (κ2) is 14.6. The number of hydrogen-bond acceptors (Lipinski definition) is 6. The first-order valence-electron chi connectivity index (χ1n) is 12.0. The third-order valence-electron chi connectivity index (χ3n) is 5.34. The highest BCUT2D eigenvalue weighted by Gasteiger charge is 2.25. The molecule has 7 nitrogen and oxygen atoms in total. The van der Waals surface area contributed by atoms with Crippen molar-refractivity contribution < 1.29 is 34.1 Å². The molecule has 2 N–H and O–H groups in total. The lowest BCUT2D eigenvalue weighted by molar-refractivity contribution is -0.142. The standard InChI is InChI=1S/C27H40O7/c1-19(2)11-9-7-6-8-10-12-23(18-33-26(31)20(3)17-24(28)29)34-22-15-13-21(14-16-22)25(30)27(4,5)32/h13-17,19,23,32H,6-12,18H2,1-5H3,(H,28,29)/b20-17+. The minimum absolute atomic E-state index is 0.00545. The van der Waals surface area contributed by atoms with E-state index in [4.69, 9.17) is 14.6 Å². The summed E-state index contributed by atoms with van der Waals surface area (Å²) in [5.74, 6) is -1.06. The molecule has 7 heteroatoms. The van der Waals surface area contributed by atoms with Crippen molar-refractivity contribution in [1.29, 1.82) is 0 Å². The van der Waals surface area contributed by atoms with Crippen molar-refractivity contribution in [3.63, 3.8) is 0 Å². The van der Waals surface area contributed by atoms with Gasteiger partial charge in [-0.05, 0) is 63.8 Å². The predicted octanol–water partition coefficient (Wildman–Crippen LogP) is 5.35. The van der Waals surface area contributed by atoms with E-state index in [1.165, 1.54) is 40.0 Å². The molecule has 1 rings (SSSR count). The number of benzene rings is 1. The molecule has 0 radical (unpaired) electrons. The number of ether oxygens (including phenoxy) is 2. The SMILES string of the molecule is C/C(=C\C(=O)O)C(=O)OCC(CCCCCCCC(C)C)Oc1ccc(C(=O)C(C)(C)O)cc1. The van der Waals surface area contributed by atoms with Gasteiger partial charge in [0.2, 0.25) is 0 Å². The molecule has 0 aliphatic heterocycles. The molecule has 190 valence electrons. The molecular weight excluding hydrogens is 436 g/mol. The van der Waals surface area contributed by atoms with Crippen LogP contribution < -0.4 is 4.74 Å².